The van der Waals surface area contributed by atoms with Crippen molar-refractivity contribution in [3.8, 4) is 5.75 Å². The van der Waals surface area contributed by atoms with Gasteiger partial charge in [-0.3, -0.25) is 0 Å². The van der Waals surface area contributed by atoms with Gasteiger partial charge in [0.05, 0.1) is 7.11 Å². The molecule has 118 valence electrons. The third-order valence-corrected chi connectivity index (χ3v) is 4.83. The largest absolute Gasteiger partial charge is 0.497 e. The van der Waals surface area contributed by atoms with Crippen molar-refractivity contribution in [2.45, 2.75) is 13.0 Å². The molecule has 1 N–H and O–H groups in total. The minimum atomic E-state index is 0.599. The van der Waals surface area contributed by atoms with E-state index in [1.165, 1.54) is 28.8 Å². The van der Waals surface area contributed by atoms with Gasteiger partial charge < -0.3 is 15.0 Å². The number of anilines is 1. The Kier molecular flexibility index (Phi) is 3.70. The monoisotopic (exact) mass is 306 g/mol. The fourth-order valence-electron chi connectivity index (χ4n) is 3.56. The van der Waals surface area contributed by atoms with Crippen LogP contribution in [-0.2, 0) is 6.54 Å². The third kappa shape index (κ3) is 2.79. The maximum Gasteiger partial charge on any atom is 0.119 e. The van der Waals surface area contributed by atoms with E-state index in [-0.39, 0.29) is 0 Å². The molecule has 2 aliphatic rings. The molecule has 0 aromatic heterocycles. The van der Waals surface area contributed by atoms with Crippen LogP contribution in [0.2, 0.25) is 0 Å². The summed E-state index contributed by atoms with van der Waals surface area (Å²) in [6, 6.07) is 17.0. The van der Waals surface area contributed by atoms with Gasteiger partial charge in [-0.25, -0.2) is 0 Å². The van der Waals surface area contributed by atoms with Gasteiger partial charge in [0.25, 0.3) is 0 Å². The molecule has 2 aromatic carbocycles. The number of methoxy groups -OCH3 is 1. The van der Waals surface area contributed by atoms with E-state index >= 15 is 0 Å². The number of nitrogens with one attached hydrogen (secondary N) is 1. The standard InChI is InChI=1S/C20H22N2O/c1-23-17-7-8-20-18(11-17)19-14-22(10-9-16(19)12-21-20)13-15-5-3-2-4-6-15/h2-8,11,14,16,21H,9-10,12-13H2,1H3. The Labute approximate surface area is 137 Å². The van der Waals surface area contributed by atoms with Gasteiger partial charge in [-0.15, -0.1) is 0 Å². The molecular weight excluding hydrogens is 284 g/mol. The van der Waals surface area contributed by atoms with Gasteiger partial charge in [0.15, 0.2) is 0 Å². The highest BCUT2D eigenvalue weighted by atomic mass is 16.5. The minimum absolute atomic E-state index is 0.599. The zero-order valence-electron chi connectivity index (χ0n) is 13.5. The molecule has 4 rings (SSSR count). The van der Waals surface area contributed by atoms with Crippen LogP contribution >= 0.6 is 0 Å². The van der Waals surface area contributed by atoms with E-state index in [0.717, 1.165) is 25.4 Å². The molecule has 0 saturated heterocycles. The fraction of sp³-hybridized carbons (Fsp3) is 0.300. The maximum absolute atomic E-state index is 5.41. The summed E-state index contributed by atoms with van der Waals surface area (Å²) in [6.45, 7) is 3.12. The molecule has 0 saturated carbocycles. The van der Waals surface area contributed by atoms with E-state index in [1.54, 1.807) is 7.11 Å². The predicted octanol–water partition coefficient (Wildman–Crippen LogP) is 3.98. The molecule has 0 aliphatic carbocycles. The average Bonchev–Trinajstić information content (AvgIpc) is 2.62. The molecular formula is C20H22N2O. The van der Waals surface area contributed by atoms with Gasteiger partial charge in [-0.05, 0) is 35.8 Å². The summed E-state index contributed by atoms with van der Waals surface area (Å²) in [5.74, 6) is 1.52. The minimum Gasteiger partial charge on any atom is -0.497 e. The second-order valence-electron chi connectivity index (χ2n) is 6.32. The van der Waals surface area contributed by atoms with Crippen molar-refractivity contribution < 1.29 is 4.74 Å². The molecule has 2 aliphatic heterocycles. The highest BCUT2D eigenvalue weighted by molar-refractivity contribution is 5.81. The molecule has 23 heavy (non-hydrogen) atoms. The van der Waals surface area contributed by atoms with Crippen LogP contribution in [0.3, 0.4) is 0 Å². The molecule has 0 amide bonds. The van der Waals surface area contributed by atoms with Crippen molar-refractivity contribution in [3.63, 3.8) is 0 Å². The van der Waals surface area contributed by atoms with Crippen molar-refractivity contribution >= 4 is 11.3 Å². The highest BCUT2D eigenvalue weighted by Gasteiger charge is 2.28. The third-order valence-electron chi connectivity index (χ3n) is 4.83. The Bertz CT molecular complexity index is 724. The Morgan fingerprint density at radius 3 is 2.87 bits per heavy atom. The van der Waals surface area contributed by atoms with Crippen molar-refractivity contribution in [2.24, 2.45) is 5.92 Å². The van der Waals surface area contributed by atoms with E-state index in [4.69, 9.17) is 4.74 Å². The van der Waals surface area contributed by atoms with Crippen LogP contribution in [0.15, 0.2) is 54.7 Å². The van der Waals surface area contributed by atoms with Gasteiger partial charge >= 0.3 is 0 Å². The molecule has 0 bridgehead atoms. The van der Waals surface area contributed by atoms with Gasteiger partial charge in [0, 0.05) is 43.0 Å². The zero-order chi connectivity index (χ0) is 15.6. The highest BCUT2D eigenvalue weighted by Crippen LogP contribution is 2.40. The first kappa shape index (κ1) is 14.2. The predicted molar refractivity (Wildman–Crippen MR) is 94.4 cm³/mol. The van der Waals surface area contributed by atoms with Gasteiger partial charge in [0.2, 0.25) is 0 Å². The van der Waals surface area contributed by atoms with Crippen LogP contribution < -0.4 is 10.1 Å². The summed E-state index contributed by atoms with van der Waals surface area (Å²) in [6.07, 6.45) is 3.56. The number of fused-ring (bicyclic) bond motifs is 3. The first-order valence-corrected chi connectivity index (χ1v) is 8.25. The van der Waals surface area contributed by atoms with Crippen LogP contribution in [0.1, 0.15) is 17.5 Å². The van der Waals surface area contributed by atoms with E-state index < -0.39 is 0 Å². The lowest BCUT2D eigenvalue weighted by atomic mass is 9.84. The first-order valence-electron chi connectivity index (χ1n) is 8.25. The summed E-state index contributed by atoms with van der Waals surface area (Å²) < 4.78 is 5.41. The molecule has 0 fully saturated rings. The summed E-state index contributed by atoms with van der Waals surface area (Å²) in [7, 11) is 1.73. The van der Waals surface area contributed by atoms with E-state index in [2.05, 4.69) is 58.9 Å². The number of hydrogen-bond acceptors (Lipinski definition) is 3. The number of rotatable bonds is 3. The smallest absolute Gasteiger partial charge is 0.119 e. The lowest BCUT2D eigenvalue weighted by Crippen LogP contribution is -2.32. The number of benzene rings is 2. The normalized spacial score (nSPS) is 19.3. The van der Waals surface area contributed by atoms with Gasteiger partial charge in [-0.2, -0.15) is 0 Å². The summed E-state index contributed by atoms with van der Waals surface area (Å²) in [5, 5.41) is 3.56. The SMILES string of the molecule is COc1ccc2c(c1)C1=CN(Cc3ccccc3)CCC1CN2. The topological polar surface area (TPSA) is 24.5 Å². The lowest BCUT2D eigenvalue weighted by Gasteiger charge is -2.37. The second kappa shape index (κ2) is 5.99. The second-order valence-corrected chi connectivity index (χ2v) is 6.32. The van der Waals surface area contributed by atoms with Crippen LogP contribution in [-0.4, -0.2) is 25.1 Å². The summed E-state index contributed by atoms with van der Waals surface area (Å²) in [4.78, 5) is 2.44. The zero-order valence-corrected chi connectivity index (χ0v) is 13.5. The molecule has 2 heterocycles. The molecule has 0 radical (unpaired) electrons. The van der Waals surface area contributed by atoms with Crippen molar-refractivity contribution in [1.29, 1.82) is 0 Å². The fourth-order valence-corrected chi connectivity index (χ4v) is 3.56. The molecule has 1 atom stereocenters. The maximum atomic E-state index is 5.41. The molecule has 2 aromatic rings. The summed E-state index contributed by atoms with van der Waals surface area (Å²) >= 11 is 0. The van der Waals surface area contributed by atoms with E-state index in [1.807, 2.05) is 6.07 Å². The Balaban J connectivity index is 1.65. The van der Waals surface area contributed by atoms with Crippen LogP contribution in [0.25, 0.3) is 5.57 Å². The lowest BCUT2D eigenvalue weighted by molar-refractivity contribution is 0.326. The van der Waals surface area contributed by atoms with Gasteiger partial charge in [0.1, 0.15) is 5.75 Å². The first-order chi connectivity index (χ1) is 11.3. The average molecular weight is 306 g/mol. The quantitative estimate of drug-likeness (QED) is 0.928. The van der Waals surface area contributed by atoms with Crippen molar-refractivity contribution in [2.75, 3.05) is 25.5 Å². The molecule has 3 heteroatoms. The Morgan fingerprint density at radius 2 is 2.04 bits per heavy atom. The molecule has 3 nitrogen and oxygen atoms in total. The van der Waals surface area contributed by atoms with Crippen molar-refractivity contribution in [1.82, 2.24) is 4.90 Å². The van der Waals surface area contributed by atoms with Crippen molar-refractivity contribution in [3.05, 3.63) is 65.9 Å². The van der Waals surface area contributed by atoms with Crippen LogP contribution in [0, 0.1) is 5.92 Å². The molecule has 0 spiro atoms. The van der Waals surface area contributed by atoms with E-state index in [9.17, 15) is 0 Å². The Hall–Kier alpha value is -2.42. The molecule has 1 unspecified atom stereocenters. The number of nitrogens with zero attached hydrogens (tertiary/aromatic N) is 1. The number of hydrogen-bond donors (Lipinski definition) is 1. The summed E-state index contributed by atoms with van der Waals surface area (Å²) in [5.41, 5.74) is 5.32. The van der Waals surface area contributed by atoms with Gasteiger partial charge in [-0.1, -0.05) is 30.3 Å². The Morgan fingerprint density at radius 1 is 1.17 bits per heavy atom. The van der Waals surface area contributed by atoms with E-state index in [0.29, 0.717) is 5.92 Å². The van der Waals surface area contributed by atoms with Crippen LogP contribution in [0.4, 0.5) is 5.69 Å². The van der Waals surface area contributed by atoms with Crippen LogP contribution in [0.5, 0.6) is 5.75 Å². The number of ether oxygens (including phenoxy) is 1.